The fourth-order valence-corrected chi connectivity index (χ4v) is 6.12. The van der Waals surface area contributed by atoms with E-state index in [4.69, 9.17) is 11.6 Å². The van der Waals surface area contributed by atoms with Crippen molar-refractivity contribution in [2.75, 3.05) is 16.2 Å². The number of thiophene rings is 1. The maximum Gasteiger partial charge on any atom is 0.266 e. The number of nitrogens with one attached hydrogen (secondary N) is 1. The lowest BCUT2D eigenvalue weighted by Crippen LogP contribution is -2.30. The second-order valence-corrected chi connectivity index (χ2v) is 9.47. The third-order valence-electron chi connectivity index (χ3n) is 4.67. The van der Waals surface area contributed by atoms with Crippen LogP contribution in [-0.4, -0.2) is 24.7 Å². The molecule has 0 fully saturated rings. The van der Waals surface area contributed by atoms with Crippen molar-refractivity contribution in [3.8, 4) is 0 Å². The first-order valence-electron chi connectivity index (χ1n) is 8.48. The van der Waals surface area contributed by atoms with Crippen LogP contribution in [0.25, 0.3) is 0 Å². The second-order valence-electron chi connectivity index (χ2n) is 6.49. The van der Waals surface area contributed by atoms with Crippen LogP contribution in [0.4, 0.5) is 11.4 Å². The molecule has 27 heavy (non-hydrogen) atoms. The van der Waals surface area contributed by atoms with Gasteiger partial charge in [0.1, 0.15) is 10.0 Å². The molecule has 9 heteroatoms. The van der Waals surface area contributed by atoms with Crippen LogP contribution < -0.4 is 9.62 Å². The van der Waals surface area contributed by atoms with E-state index in [1.165, 1.54) is 15.1 Å². The van der Waals surface area contributed by atoms with E-state index in [1.807, 2.05) is 18.2 Å². The molecule has 0 atom stereocenters. The van der Waals surface area contributed by atoms with Gasteiger partial charge in [0, 0.05) is 25.0 Å². The van der Waals surface area contributed by atoms with E-state index in [0.29, 0.717) is 11.4 Å². The minimum atomic E-state index is -3.85. The van der Waals surface area contributed by atoms with Crippen molar-refractivity contribution in [2.45, 2.75) is 24.8 Å². The molecule has 0 saturated carbocycles. The number of benzene rings is 1. The first-order chi connectivity index (χ1) is 12.9. The summed E-state index contributed by atoms with van der Waals surface area (Å²) < 4.78 is 30.0. The van der Waals surface area contributed by atoms with Gasteiger partial charge in [-0.05, 0) is 42.5 Å². The molecule has 0 amide bonds. The fourth-order valence-electron chi connectivity index (χ4n) is 3.40. The summed E-state index contributed by atoms with van der Waals surface area (Å²) in [4.78, 5) is 3.62. The molecule has 0 spiro atoms. The summed E-state index contributed by atoms with van der Waals surface area (Å²) in [7, 11) is -2.24. The van der Waals surface area contributed by atoms with E-state index in [0.717, 1.165) is 25.2 Å². The molecule has 0 unspecified atom stereocenters. The first kappa shape index (κ1) is 18.3. The number of aryl methyl sites for hydroxylation is 2. The van der Waals surface area contributed by atoms with Crippen molar-refractivity contribution in [3.05, 3.63) is 57.0 Å². The third-order valence-corrected chi connectivity index (χ3v) is 7.75. The summed E-state index contributed by atoms with van der Waals surface area (Å²) in [5.41, 5.74) is 3.06. The number of para-hydroxylation sites is 2. The van der Waals surface area contributed by atoms with Gasteiger partial charge in [-0.3, -0.25) is 9.40 Å². The Morgan fingerprint density at radius 3 is 2.78 bits per heavy atom. The van der Waals surface area contributed by atoms with Crippen LogP contribution in [0.15, 0.2) is 40.6 Å². The fraction of sp³-hybridized carbons (Fsp3) is 0.278. The summed E-state index contributed by atoms with van der Waals surface area (Å²) >= 11 is 7.95. The molecule has 3 aromatic rings. The van der Waals surface area contributed by atoms with E-state index < -0.39 is 10.0 Å². The summed E-state index contributed by atoms with van der Waals surface area (Å²) in [6, 6.07) is 9.58. The Morgan fingerprint density at radius 2 is 2.04 bits per heavy atom. The number of anilines is 2. The predicted molar refractivity (Wildman–Crippen MR) is 109 cm³/mol. The zero-order valence-corrected chi connectivity index (χ0v) is 17.3. The van der Waals surface area contributed by atoms with Crippen molar-refractivity contribution in [2.24, 2.45) is 7.05 Å². The Kier molecular flexibility index (Phi) is 4.65. The van der Waals surface area contributed by atoms with Crippen LogP contribution in [0.1, 0.15) is 16.1 Å². The minimum Gasteiger partial charge on any atom is -0.365 e. The molecular formula is C18H19ClN4O2S2. The number of halogens is 1. The molecule has 4 rings (SSSR count). The van der Waals surface area contributed by atoms with Gasteiger partial charge in [-0.25, -0.2) is 8.42 Å². The Labute approximate surface area is 167 Å². The largest absolute Gasteiger partial charge is 0.365 e. The average Bonchev–Trinajstić information content (AvgIpc) is 3.18. The molecular weight excluding hydrogens is 404 g/mol. The molecule has 6 nitrogen and oxygen atoms in total. The number of hydrogen-bond donors (Lipinski definition) is 1. The monoisotopic (exact) mass is 422 g/mol. The topological polar surface area (TPSA) is 67.2 Å². The highest BCUT2D eigenvalue weighted by Crippen LogP contribution is 2.34. The van der Waals surface area contributed by atoms with Crippen molar-refractivity contribution in [3.63, 3.8) is 0 Å². The van der Waals surface area contributed by atoms with Crippen molar-refractivity contribution >= 4 is 44.3 Å². The van der Waals surface area contributed by atoms with Gasteiger partial charge in [-0.15, -0.1) is 11.3 Å². The highest BCUT2D eigenvalue weighted by Gasteiger charge is 2.27. The van der Waals surface area contributed by atoms with Crippen LogP contribution in [0, 0.1) is 6.92 Å². The first-order valence-corrected chi connectivity index (χ1v) is 11.2. The van der Waals surface area contributed by atoms with Gasteiger partial charge in [0.05, 0.1) is 17.1 Å². The Morgan fingerprint density at radius 1 is 1.26 bits per heavy atom. The number of hydrogen-bond acceptors (Lipinski definition) is 5. The zero-order chi connectivity index (χ0) is 19.2. The van der Waals surface area contributed by atoms with Crippen LogP contribution in [-0.2, 0) is 30.0 Å². The lowest BCUT2D eigenvalue weighted by atomic mass is 10.1. The molecule has 142 valence electrons. The number of sulfonamides is 1. The SMILES string of the molecule is Cc1nn(C)c(Cl)c1S(=O)(=O)Nc1ccccc1N1CCc2sccc2C1. The lowest BCUT2D eigenvalue weighted by Gasteiger charge is -2.30. The van der Waals surface area contributed by atoms with Crippen molar-refractivity contribution < 1.29 is 8.42 Å². The van der Waals surface area contributed by atoms with E-state index >= 15 is 0 Å². The molecule has 0 radical (unpaired) electrons. The average molecular weight is 423 g/mol. The van der Waals surface area contributed by atoms with Gasteiger partial charge in [-0.2, -0.15) is 5.10 Å². The van der Waals surface area contributed by atoms with Crippen molar-refractivity contribution in [1.29, 1.82) is 0 Å². The van der Waals surface area contributed by atoms with Gasteiger partial charge in [0.15, 0.2) is 0 Å². The van der Waals surface area contributed by atoms with Crippen LogP contribution >= 0.6 is 22.9 Å². The smallest absolute Gasteiger partial charge is 0.266 e. The zero-order valence-electron chi connectivity index (χ0n) is 14.9. The molecule has 1 N–H and O–H groups in total. The highest BCUT2D eigenvalue weighted by atomic mass is 35.5. The normalized spacial score (nSPS) is 14.3. The van der Waals surface area contributed by atoms with E-state index in [1.54, 1.807) is 31.4 Å². The standard InChI is InChI=1S/C18H19ClN4O2S2/c1-12-17(18(19)22(2)20-12)27(24,25)21-14-5-3-4-6-15(14)23-9-7-16-13(11-23)8-10-26-16/h3-6,8,10,21H,7,9,11H2,1-2H3. The maximum absolute atomic E-state index is 13.0. The number of aromatic nitrogens is 2. The summed E-state index contributed by atoms with van der Waals surface area (Å²) in [6.45, 7) is 3.25. The van der Waals surface area contributed by atoms with Gasteiger partial charge in [0.25, 0.3) is 10.0 Å². The highest BCUT2D eigenvalue weighted by molar-refractivity contribution is 7.93. The van der Waals surface area contributed by atoms with Gasteiger partial charge in [0.2, 0.25) is 0 Å². The summed E-state index contributed by atoms with van der Waals surface area (Å²) in [5, 5.41) is 6.31. The quantitative estimate of drug-likeness (QED) is 0.694. The molecule has 1 aliphatic heterocycles. The van der Waals surface area contributed by atoms with E-state index in [9.17, 15) is 8.42 Å². The Balaban J connectivity index is 1.68. The van der Waals surface area contributed by atoms with Crippen LogP contribution in [0.2, 0.25) is 5.15 Å². The third kappa shape index (κ3) is 3.33. The Hall–Kier alpha value is -2.03. The molecule has 0 bridgehead atoms. The molecule has 1 aliphatic rings. The molecule has 0 aliphatic carbocycles. The van der Waals surface area contributed by atoms with Crippen LogP contribution in [0.5, 0.6) is 0 Å². The summed E-state index contributed by atoms with van der Waals surface area (Å²) in [6.07, 6.45) is 0.960. The van der Waals surface area contributed by atoms with Crippen molar-refractivity contribution in [1.82, 2.24) is 9.78 Å². The molecule has 0 saturated heterocycles. The number of rotatable bonds is 4. The van der Waals surface area contributed by atoms with Crippen LogP contribution in [0.3, 0.4) is 0 Å². The lowest BCUT2D eigenvalue weighted by molar-refractivity contribution is 0.600. The van der Waals surface area contributed by atoms with Gasteiger partial charge < -0.3 is 4.90 Å². The van der Waals surface area contributed by atoms with Gasteiger partial charge in [-0.1, -0.05) is 23.7 Å². The molecule has 1 aromatic carbocycles. The molecule has 3 heterocycles. The van der Waals surface area contributed by atoms with Gasteiger partial charge >= 0.3 is 0 Å². The second kappa shape index (κ2) is 6.85. The number of nitrogens with zero attached hydrogens (tertiary/aromatic N) is 3. The maximum atomic E-state index is 13.0. The summed E-state index contributed by atoms with van der Waals surface area (Å²) in [5.74, 6) is 0. The minimum absolute atomic E-state index is 0.0141. The van der Waals surface area contributed by atoms with E-state index in [2.05, 4.69) is 26.2 Å². The predicted octanol–water partition coefficient (Wildman–Crippen LogP) is 3.81. The van der Waals surface area contributed by atoms with E-state index in [-0.39, 0.29) is 10.0 Å². The molecule has 2 aromatic heterocycles. The Bertz CT molecular complexity index is 1100. The number of fused-ring (bicyclic) bond motifs is 1.